The van der Waals surface area contributed by atoms with E-state index < -0.39 is 0 Å². The molecular weight excluding hydrogens is 555 g/mol. The number of allylic oxidation sites excluding steroid dienone is 1. The molecule has 0 aliphatic heterocycles. The van der Waals surface area contributed by atoms with Gasteiger partial charge in [0, 0.05) is 11.8 Å². The van der Waals surface area contributed by atoms with Crippen molar-refractivity contribution in [1.29, 1.82) is 0 Å². The fourth-order valence-electron chi connectivity index (χ4n) is 7.16. The molecule has 0 saturated carbocycles. The quantitative estimate of drug-likeness (QED) is 0.186. The molecule has 0 bridgehead atoms. The lowest BCUT2D eigenvalue weighted by Crippen LogP contribution is -2.10. The number of pyridine rings is 1. The van der Waals surface area contributed by atoms with Gasteiger partial charge in [0.25, 0.3) is 0 Å². The molecule has 1 nitrogen and oxygen atoms in total. The molecule has 222 valence electrons. The van der Waals surface area contributed by atoms with Gasteiger partial charge in [-0.2, -0.15) is 0 Å². The van der Waals surface area contributed by atoms with Crippen LogP contribution in [0.5, 0.6) is 0 Å². The molecular formula is C45H37N. The normalized spacial score (nSPS) is 13.1. The molecule has 8 rings (SSSR count). The number of nitrogens with zero attached hydrogens (tertiary/aromatic N) is 1. The van der Waals surface area contributed by atoms with E-state index in [1.54, 1.807) is 0 Å². The third-order valence-corrected chi connectivity index (χ3v) is 9.59. The van der Waals surface area contributed by atoms with Crippen LogP contribution in [0.4, 0.5) is 0 Å². The van der Waals surface area contributed by atoms with Gasteiger partial charge in [-0.1, -0.05) is 148 Å². The predicted octanol–water partition coefficient (Wildman–Crippen LogP) is 12.2. The van der Waals surface area contributed by atoms with Crippen molar-refractivity contribution in [3.8, 4) is 33.5 Å². The van der Waals surface area contributed by atoms with Crippen LogP contribution in [-0.2, 0) is 11.8 Å². The molecule has 0 fully saturated rings. The molecule has 0 atom stereocenters. The monoisotopic (exact) mass is 591 g/mol. The highest BCUT2D eigenvalue weighted by Gasteiger charge is 2.20. The summed E-state index contributed by atoms with van der Waals surface area (Å²) in [4.78, 5) is 4.51. The summed E-state index contributed by atoms with van der Waals surface area (Å²) < 4.78 is 0. The van der Waals surface area contributed by atoms with Crippen molar-refractivity contribution in [1.82, 2.24) is 4.98 Å². The summed E-state index contributed by atoms with van der Waals surface area (Å²) in [5, 5.41) is 5.21. The largest absolute Gasteiger partial charge is 0.256 e. The van der Waals surface area contributed by atoms with E-state index in [2.05, 4.69) is 153 Å². The highest BCUT2D eigenvalue weighted by atomic mass is 14.7. The SMILES string of the molecule is CC(C)(C)c1cccc(-c2c3ccccc3c(-c3ccc4c(c3)CCC(c3ccc(-c5ccccn5)cc3)=C4)c3ccccc23)c1. The second kappa shape index (κ2) is 11.3. The summed E-state index contributed by atoms with van der Waals surface area (Å²) in [7, 11) is 0. The topological polar surface area (TPSA) is 12.9 Å². The summed E-state index contributed by atoms with van der Waals surface area (Å²) in [5.41, 5.74) is 14.2. The van der Waals surface area contributed by atoms with Gasteiger partial charge in [-0.3, -0.25) is 4.98 Å². The van der Waals surface area contributed by atoms with E-state index in [4.69, 9.17) is 0 Å². The molecule has 0 saturated heterocycles. The lowest BCUT2D eigenvalue weighted by Gasteiger charge is -2.22. The molecule has 0 radical (unpaired) electrons. The number of rotatable bonds is 4. The fourth-order valence-corrected chi connectivity index (χ4v) is 7.16. The van der Waals surface area contributed by atoms with Gasteiger partial charge in [-0.15, -0.1) is 0 Å². The maximum Gasteiger partial charge on any atom is 0.0701 e. The van der Waals surface area contributed by atoms with E-state index in [-0.39, 0.29) is 5.41 Å². The van der Waals surface area contributed by atoms with E-state index in [0.29, 0.717) is 0 Å². The Kier molecular flexibility index (Phi) is 6.91. The van der Waals surface area contributed by atoms with Gasteiger partial charge in [-0.05, 0) is 102 Å². The first-order valence-electron chi connectivity index (χ1n) is 16.3. The smallest absolute Gasteiger partial charge is 0.0701 e. The zero-order chi connectivity index (χ0) is 31.3. The van der Waals surface area contributed by atoms with Gasteiger partial charge in [0.15, 0.2) is 0 Å². The Morgan fingerprint density at radius 3 is 1.70 bits per heavy atom. The summed E-state index contributed by atoms with van der Waals surface area (Å²) in [6.07, 6.45) is 6.30. The molecule has 1 heterocycles. The third kappa shape index (κ3) is 5.03. The minimum atomic E-state index is 0.0854. The Morgan fingerprint density at radius 1 is 0.500 bits per heavy atom. The lowest BCUT2D eigenvalue weighted by atomic mass is 9.82. The highest BCUT2D eigenvalue weighted by molar-refractivity contribution is 6.21. The standard InChI is InChI=1S/C45H37N/c1-45(2,3)37-12-10-11-35(29-37)43-38-13-4-6-15-40(38)44(41-16-7-5-14-39(41)43)36-25-24-33-27-32(22-23-34(33)28-36)30-18-20-31(21-19-30)42-17-8-9-26-46-42/h4-21,24-29H,22-23H2,1-3H3. The van der Waals surface area contributed by atoms with E-state index in [1.165, 1.54) is 71.6 Å². The van der Waals surface area contributed by atoms with Crippen molar-refractivity contribution < 1.29 is 0 Å². The number of aromatic nitrogens is 1. The second-order valence-electron chi connectivity index (χ2n) is 13.5. The number of fused-ring (bicyclic) bond motifs is 3. The van der Waals surface area contributed by atoms with Crippen LogP contribution < -0.4 is 0 Å². The van der Waals surface area contributed by atoms with Gasteiger partial charge in [0.2, 0.25) is 0 Å². The number of aryl methyl sites for hydroxylation is 1. The van der Waals surface area contributed by atoms with E-state index >= 15 is 0 Å². The predicted molar refractivity (Wildman–Crippen MR) is 197 cm³/mol. The van der Waals surface area contributed by atoms with Crippen molar-refractivity contribution >= 4 is 33.2 Å². The maximum atomic E-state index is 4.51. The van der Waals surface area contributed by atoms with Crippen LogP contribution in [0.1, 0.15) is 49.4 Å². The summed E-state index contributed by atoms with van der Waals surface area (Å²) >= 11 is 0. The van der Waals surface area contributed by atoms with E-state index in [0.717, 1.165) is 24.1 Å². The molecule has 0 N–H and O–H groups in total. The molecule has 1 heteroatoms. The van der Waals surface area contributed by atoms with Crippen LogP contribution in [0.3, 0.4) is 0 Å². The van der Waals surface area contributed by atoms with Crippen LogP contribution in [0.25, 0.3) is 66.7 Å². The van der Waals surface area contributed by atoms with E-state index in [1.807, 2.05) is 18.3 Å². The number of hydrogen-bond donors (Lipinski definition) is 0. The zero-order valence-corrected chi connectivity index (χ0v) is 26.7. The van der Waals surface area contributed by atoms with Gasteiger partial charge >= 0.3 is 0 Å². The van der Waals surface area contributed by atoms with Crippen molar-refractivity contribution in [2.45, 2.75) is 39.0 Å². The molecule has 0 spiro atoms. The minimum absolute atomic E-state index is 0.0854. The van der Waals surface area contributed by atoms with Crippen LogP contribution in [0.2, 0.25) is 0 Å². The Morgan fingerprint density at radius 2 is 1.09 bits per heavy atom. The summed E-state index contributed by atoms with van der Waals surface area (Å²) in [6, 6.07) is 49.1. The summed E-state index contributed by atoms with van der Waals surface area (Å²) in [6.45, 7) is 6.87. The van der Waals surface area contributed by atoms with Gasteiger partial charge in [0.05, 0.1) is 5.69 Å². The number of hydrogen-bond acceptors (Lipinski definition) is 1. The van der Waals surface area contributed by atoms with Crippen LogP contribution >= 0.6 is 0 Å². The summed E-state index contributed by atoms with van der Waals surface area (Å²) in [5.74, 6) is 0. The van der Waals surface area contributed by atoms with Crippen molar-refractivity contribution in [3.05, 3.63) is 162 Å². The number of benzene rings is 6. The molecule has 0 unspecified atom stereocenters. The molecule has 1 aliphatic carbocycles. The van der Waals surface area contributed by atoms with Gasteiger partial charge in [-0.25, -0.2) is 0 Å². The minimum Gasteiger partial charge on any atom is -0.256 e. The Balaban J connectivity index is 1.23. The fraction of sp³-hybridized carbons (Fsp3) is 0.133. The third-order valence-electron chi connectivity index (χ3n) is 9.59. The lowest BCUT2D eigenvalue weighted by molar-refractivity contribution is 0.590. The van der Waals surface area contributed by atoms with Crippen LogP contribution in [-0.4, -0.2) is 4.98 Å². The Hall–Kier alpha value is -5.27. The van der Waals surface area contributed by atoms with Crippen molar-refractivity contribution in [3.63, 3.8) is 0 Å². The first kappa shape index (κ1) is 28.2. The molecule has 1 aliphatic rings. The molecule has 7 aromatic rings. The second-order valence-corrected chi connectivity index (χ2v) is 13.5. The van der Waals surface area contributed by atoms with Crippen molar-refractivity contribution in [2.24, 2.45) is 0 Å². The molecule has 6 aromatic carbocycles. The molecule has 1 aromatic heterocycles. The van der Waals surface area contributed by atoms with Gasteiger partial charge in [0.1, 0.15) is 0 Å². The average molecular weight is 592 g/mol. The first-order valence-corrected chi connectivity index (χ1v) is 16.3. The zero-order valence-electron chi connectivity index (χ0n) is 26.7. The molecule has 0 amide bonds. The Labute approximate surface area is 271 Å². The first-order chi connectivity index (χ1) is 22.4. The maximum absolute atomic E-state index is 4.51. The van der Waals surface area contributed by atoms with Gasteiger partial charge < -0.3 is 0 Å². The average Bonchev–Trinajstić information content (AvgIpc) is 3.10. The van der Waals surface area contributed by atoms with E-state index in [9.17, 15) is 0 Å². The molecule has 46 heavy (non-hydrogen) atoms. The Bertz CT molecular complexity index is 2210. The van der Waals surface area contributed by atoms with Crippen molar-refractivity contribution in [2.75, 3.05) is 0 Å². The van der Waals surface area contributed by atoms with Crippen LogP contribution in [0.15, 0.2) is 140 Å². The highest BCUT2D eigenvalue weighted by Crippen LogP contribution is 2.45. The van der Waals surface area contributed by atoms with Crippen LogP contribution in [0, 0.1) is 0 Å².